The van der Waals surface area contributed by atoms with E-state index in [-0.39, 0.29) is 17.0 Å². The van der Waals surface area contributed by atoms with E-state index in [1.165, 1.54) is 11.3 Å². The molecule has 0 aliphatic rings. The van der Waals surface area contributed by atoms with Gasteiger partial charge in [0.2, 0.25) is 10.0 Å². The van der Waals surface area contributed by atoms with Crippen LogP contribution in [-0.4, -0.2) is 24.2 Å². The van der Waals surface area contributed by atoms with Gasteiger partial charge in [0.15, 0.2) is 0 Å². The predicted molar refractivity (Wildman–Crippen MR) is 86.0 cm³/mol. The van der Waals surface area contributed by atoms with Crippen molar-refractivity contribution in [3.05, 3.63) is 23.7 Å². The molecule has 1 N–H and O–H groups in total. The first kappa shape index (κ1) is 16.2. The standard InChI is InChI=1S/C14H21N3O2S2/c1-5-11(4)16-21(18,19)13-9-17(10(2)3)15-14(13)12-7-6-8-20-12/h6-11,16H,5H2,1-4H3. The van der Waals surface area contributed by atoms with Crippen molar-refractivity contribution < 1.29 is 8.42 Å². The van der Waals surface area contributed by atoms with Gasteiger partial charge in [-0.3, -0.25) is 4.68 Å². The van der Waals surface area contributed by atoms with Crippen molar-refractivity contribution in [3.63, 3.8) is 0 Å². The van der Waals surface area contributed by atoms with Gasteiger partial charge in [0.25, 0.3) is 0 Å². The van der Waals surface area contributed by atoms with Crippen LogP contribution in [0.25, 0.3) is 10.6 Å². The molecule has 0 bridgehead atoms. The van der Waals surface area contributed by atoms with Crippen LogP contribution in [-0.2, 0) is 10.0 Å². The fourth-order valence-electron chi connectivity index (χ4n) is 1.83. The highest BCUT2D eigenvalue weighted by Crippen LogP contribution is 2.30. The van der Waals surface area contributed by atoms with Crippen LogP contribution >= 0.6 is 11.3 Å². The van der Waals surface area contributed by atoms with E-state index < -0.39 is 10.0 Å². The van der Waals surface area contributed by atoms with E-state index in [0.29, 0.717) is 5.69 Å². The number of sulfonamides is 1. The van der Waals surface area contributed by atoms with Crippen LogP contribution < -0.4 is 4.72 Å². The number of rotatable bonds is 6. The highest BCUT2D eigenvalue weighted by Gasteiger charge is 2.25. The zero-order valence-corrected chi connectivity index (χ0v) is 14.3. The number of hydrogen-bond acceptors (Lipinski definition) is 4. The van der Waals surface area contributed by atoms with Gasteiger partial charge in [-0.05, 0) is 38.6 Å². The second-order valence-electron chi connectivity index (χ2n) is 5.32. The quantitative estimate of drug-likeness (QED) is 0.885. The molecule has 21 heavy (non-hydrogen) atoms. The van der Waals surface area contributed by atoms with E-state index >= 15 is 0 Å². The minimum Gasteiger partial charge on any atom is -0.268 e. The largest absolute Gasteiger partial charge is 0.268 e. The lowest BCUT2D eigenvalue weighted by Gasteiger charge is -2.11. The zero-order chi connectivity index (χ0) is 15.6. The summed E-state index contributed by atoms with van der Waals surface area (Å²) in [7, 11) is -3.57. The summed E-state index contributed by atoms with van der Waals surface area (Å²) in [5.41, 5.74) is 0.523. The van der Waals surface area contributed by atoms with E-state index in [4.69, 9.17) is 0 Å². The zero-order valence-electron chi connectivity index (χ0n) is 12.7. The van der Waals surface area contributed by atoms with Crippen LogP contribution in [0, 0.1) is 0 Å². The smallest absolute Gasteiger partial charge is 0.244 e. The van der Waals surface area contributed by atoms with Crippen LogP contribution in [0.1, 0.15) is 40.2 Å². The average Bonchev–Trinajstić information content (AvgIpc) is 3.06. The summed E-state index contributed by atoms with van der Waals surface area (Å²) < 4.78 is 29.6. The molecule has 0 aliphatic carbocycles. The van der Waals surface area contributed by atoms with Gasteiger partial charge in [0.05, 0.1) is 4.88 Å². The third-order valence-corrected chi connectivity index (χ3v) is 5.71. The number of hydrogen-bond donors (Lipinski definition) is 1. The van der Waals surface area contributed by atoms with Crippen LogP contribution in [0.5, 0.6) is 0 Å². The summed E-state index contributed by atoms with van der Waals surface area (Å²) in [4.78, 5) is 1.11. The molecule has 0 radical (unpaired) electrons. The van der Waals surface area contributed by atoms with Gasteiger partial charge < -0.3 is 0 Å². The maximum Gasteiger partial charge on any atom is 0.244 e. The molecule has 0 amide bonds. The lowest BCUT2D eigenvalue weighted by molar-refractivity contribution is 0.531. The molecule has 116 valence electrons. The number of aromatic nitrogens is 2. The molecule has 2 aromatic heterocycles. The maximum atomic E-state index is 12.6. The molecule has 2 heterocycles. The fourth-order valence-corrected chi connectivity index (χ4v) is 4.10. The minimum absolute atomic E-state index is 0.103. The van der Waals surface area contributed by atoms with E-state index in [1.54, 1.807) is 10.9 Å². The first-order valence-corrected chi connectivity index (χ1v) is 9.36. The molecule has 0 aromatic carbocycles. The number of nitrogens with zero attached hydrogens (tertiary/aromatic N) is 2. The van der Waals surface area contributed by atoms with Crippen molar-refractivity contribution in [1.82, 2.24) is 14.5 Å². The Bertz CT molecular complexity index is 688. The van der Waals surface area contributed by atoms with E-state index in [0.717, 1.165) is 11.3 Å². The summed E-state index contributed by atoms with van der Waals surface area (Å²) in [5.74, 6) is 0. The van der Waals surface area contributed by atoms with Gasteiger partial charge in [0, 0.05) is 18.3 Å². The summed E-state index contributed by atoms with van der Waals surface area (Å²) in [6, 6.07) is 3.79. The normalized spacial score (nSPS) is 13.8. The molecule has 0 fully saturated rings. The Morgan fingerprint density at radius 3 is 2.62 bits per heavy atom. The van der Waals surface area contributed by atoms with Crippen molar-refractivity contribution in [2.24, 2.45) is 0 Å². The van der Waals surface area contributed by atoms with Crippen LogP contribution in [0.3, 0.4) is 0 Å². The molecule has 7 heteroatoms. The molecule has 0 saturated heterocycles. The maximum absolute atomic E-state index is 12.6. The molecular formula is C14H21N3O2S2. The van der Waals surface area contributed by atoms with Crippen LogP contribution in [0.4, 0.5) is 0 Å². The Labute approximate surface area is 130 Å². The third-order valence-electron chi connectivity index (χ3n) is 3.24. The van der Waals surface area contributed by atoms with Crippen molar-refractivity contribution >= 4 is 21.4 Å². The molecule has 0 saturated carbocycles. The summed E-state index contributed by atoms with van der Waals surface area (Å²) in [6.07, 6.45) is 2.36. The topological polar surface area (TPSA) is 64.0 Å². The van der Waals surface area contributed by atoms with Crippen molar-refractivity contribution in [3.8, 4) is 10.6 Å². The fraction of sp³-hybridized carbons (Fsp3) is 0.500. The first-order chi connectivity index (χ1) is 9.85. The minimum atomic E-state index is -3.57. The van der Waals surface area contributed by atoms with Gasteiger partial charge >= 0.3 is 0 Å². The Balaban J connectivity index is 2.52. The lowest BCUT2D eigenvalue weighted by atomic mass is 10.3. The highest BCUT2D eigenvalue weighted by molar-refractivity contribution is 7.89. The van der Waals surface area contributed by atoms with Crippen LogP contribution in [0.15, 0.2) is 28.6 Å². The monoisotopic (exact) mass is 327 g/mol. The van der Waals surface area contributed by atoms with Gasteiger partial charge in [0.1, 0.15) is 10.6 Å². The van der Waals surface area contributed by atoms with E-state index in [9.17, 15) is 8.42 Å². The first-order valence-electron chi connectivity index (χ1n) is 7.00. The Morgan fingerprint density at radius 1 is 1.38 bits per heavy atom. The highest BCUT2D eigenvalue weighted by atomic mass is 32.2. The Morgan fingerprint density at radius 2 is 2.10 bits per heavy atom. The van der Waals surface area contributed by atoms with Gasteiger partial charge in [-0.2, -0.15) is 5.10 Å². The summed E-state index contributed by atoms with van der Waals surface area (Å²) in [5, 5.41) is 6.38. The van der Waals surface area contributed by atoms with Gasteiger partial charge in [-0.15, -0.1) is 11.3 Å². The average molecular weight is 327 g/mol. The molecule has 0 aliphatic heterocycles. The number of thiophene rings is 1. The van der Waals surface area contributed by atoms with E-state index in [1.807, 2.05) is 45.2 Å². The van der Waals surface area contributed by atoms with Gasteiger partial charge in [-0.25, -0.2) is 13.1 Å². The molecule has 2 rings (SSSR count). The SMILES string of the molecule is CCC(C)NS(=O)(=O)c1cn(C(C)C)nc1-c1cccs1. The van der Waals surface area contributed by atoms with Crippen molar-refractivity contribution in [2.45, 2.75) is 51.1 Å². The van der Waals surface area contributed by atoms with Gasteiger partial charge in [-0.1, -0.05) is 13.0 Å². The third kappa shape index (κ3) is 3.53. The Hall–Kier alpha value is -1.18. The van der Waals surface area contributed by atoms with E-state index in [2.05, 4.69) is 9.82 Å². The molecule has 2 aromatic rings. The Kier molecular flexibility index (Phi) is 4.85. The van der Waals surface area contributed by atoms with Crippen molar-refractivity contribution in [2.75, 3.05) is 0 Å². The second-order valence-corrected chi connectivity index (χ2v) is 7.95. The van der Waals surface area contributed by atoms with Crippen molar-refractivity contribution in [1.29, 1.82) is 0 Å². The predicted octanol–water partition coefficient (Wildman–Crippen LogP) is 3.27. The summed E-state index contributed by atoms with van der Waals surface area (Å²) >= 11 is 1.49. The number of nitrogens with one attached hydrogen (secondary N) is 1. The van der Waals surface area contributed by atoms with Crippen LogP contribution in [0.2, 0.25) is 0 Å². The molecule has 5 nitrogen and oxygen atoms in total. The summed E-state index contributed by atoms with van der Waals surface area (Å²) in [6.45, 7) is 7.76. The molecule has 1 atom stereocenters. The molecular weight excluding hydrogens is 306 g/mol. The second kappa shape index (κ2) is 6.29. The molecule has 1 unspecified atom stereocenters. The molecule has 0 spiro atoms. The lowest BCUT2D eigenvalue weighted by Crippen LogP contribution is -2.32.